The maximum absolute atomic E-state index is 5.95. The first kappa shape index (κ1) is 10.8. The third kappa shape index (κ3) is 1.75. The van der Waals surface area contributed by atoms with Crippen molar-refractivity contribution < 1.29 is 4.52 Å². The highest BCUT2D eigenvalue weighted by Crippen LogP contribution is 2.38. The van der Waals surface area contributed by atoms with Crippen molar-refractivity contribution >= 4 is 11.0 Å². The number of rotatable bonds is 2. The molecule has 1 aromatic carbocycles. The molecule has 90 valence electrons. The number of fused-ring (bicyclic) bond motifs is 1. The molecule has 0 radical (unpaired) electrons. The van der Waals surface area contributed by atoms with Crippen LogP contribution in [0.15, 0.2) is 22.7 Å². The summed E-state index contributed by atoms with van der Waals surface area (Å²) >= 11 is 0. The number of benzene rings is 1. The largest absolute Gasteiger partial charge is 0.356 e. The monoisotopic (exact) mass is 230 g/mol. The zero-order valence-electron chi connectivity index (χ0n) is 10.1. The molecule has 0 saturated heterocycles. The molecule has 3 heteroatoms. The summed E-state index contributed by atoms with van der Waals surface area (Å²) in [5, 5.41) is 5.45. The Morgan fingerprint density at radius 2 is 2.12 bits per heavy atom. The Morgan fingerprint density at radius 3 is 2.82 bits per heavy atom. The summed E-state index contributed by atoms with van der Waals surface area (Å²) in [7, 11) is 0. The molecule has 1 aliphatic carbocycles. The molecule has 1 unspecified atom stereocenters. The highest BCUT2D eigenvalue weighted by molar-refractivity contribution is 5.83. The predicted molar refractivity (Wildman–Crippen MR) is 67.8 cm³/mol. The van der Waals surface area contributed by atoms with Crippen molar-refractivity contribution in [3.63, 3.8) is 0 Å². The van der Waals surface area contributed by atoms with Crippen LogP contribution in [-0.2, 0) is 0 Å². The van der Waals surface area contributed by atoms with E-state index in [0.29, 0.717) is 5.92 Å². The number of nitrogens with zero attached hydrogens (tertiary/aromatic N) is 1. The van der Waals surface area contributed by atoms with E-state index in [1.807, 2.05) is 13.0 Å². The number of hydrogen-bond donors (Lipinski definition) is 1. The van der Waals surface area contributed by atoms with Gasteiger partial charge in [-0.2, -0.15) is 0 Å². The fourth-order valence-corrected chi connectivity index (χ4v) is 2.85. The molecule has 0 aliphatic heterocycles. The Morgan fingerprint density at radius 1 is 1.35 bits per heavy atom. The molecule has 3 nitrogen and oxygen atoms in total. The Bertz CT molecular complexity index is 524. The summed E-state index contributed by atoms with van der Waals surface area (Å²) in [5.41, 5.74) is 9.03. The van der Waals surface area contributed by atoms with Crippen LogP contribution in [0.2, 0.25) is 0 Å². The maximum atomic E-state index is 5.95. The number of aromatic nitrogens is 1. The van der Waals surface area contributed by atoms with Gasteiger partial charge in [-0.25, -0.2) is 0 Å². The van der Waals surface area contributed by atoms with E-state index < -0.39 is 0 Å². The highest BCUT2D eigenvalue weighted by Gasteiger charge is 2.24. The molecule has 1 heterocycles. The molecule has 0 bridgehead atoms. The van der Waals surface area contributed by atoms with Gasteiger partial charge in [0.2, 0.25) is 0 Å². The zero-order valence-corrected chi connectivity index (χ0v) is 10.1. The van der Waals surface area contributed by atoms with E-state index in [1.165, 1.54) is 25.7 Å². The predicted octanol–water partition coefficient (Wildman–Crippen LogP) is 3.51. The van der Waals surface area contributed by atoms with Crippen LogP contribution in [-0.4, -0.2) is 5.16 Å². The van der Waals surface area contributed by atoms with E-state index in [9.17, 15) is 0 Å². The van der Waals surface area contributed by atoms with Gasteiger partial charge in [0.1, 0.15) is 0 Å². The first-order chi connectivity index (χ1) is 8.27. The first-order valence-corrected chi connectivity index (χ1v) is 6.41. The van der Waals surface area contributed by atoms with Gasteiger partial charge in [-0.05, 0) is 25.8 Å². The lowest BCUT2D eigenvalue weighted by Gasteiger charge is -2.06. The average molecular weight is 230 g/mol. The fraction of sp³-hybridized carbons (Fsp3) is 0.500. The van der Waals surface area contributed by atoms with Crippen LogP contribution >= 0.6 is 0 Å². The summed E-state index contributed by atoms with van der Waals surface area (Å²) in [6.45, 7) is 1.98. The first-order valence-electron chi connectivity index (χ1n) is 6.41. The van der Waals surface area contributed by atoms with Crippen molar-refractivity contribution in [1.29, 1.82) is 0 Å². The lowest BCUT2D eigenvalue weighted by molar-refractivity contribution is 0.433. The van der Waals surface area contributed by atoms with Gasteiger partial charge in [-0.1, -0.05) is 30.1 Å². The van der Waals surface area contributed by atoms with Crippen LogP contribution in [0.4, 0.5) is 0 Å². The molecule has 1 saturated carbocycles. The van der Waals surface area contributed by atoms with E-state index in [1.54, 1.807) is 0 Å². The standard InChI is InChI=1S/C14H18N2O/c1-9(15)11-7-4-8-12-13(16-17-14(11)12)10-5-2-3-6-10/h4,7-10H,2-3,5-6,15H2,1H3. The molecule has 2 aromatic rings. The summed E-state index contributed by atoms with van der Waals surface area (Å²) in [4.78, 5) is 0. The average Bonchev–Trinajstić information content (AvgIpc) is 2.96. The molecular formula is C14H18N2O. The number of nitrogens with two attached hydrogens (primary N) is 1. The normalized spacial score (nSPS) is 18.9. The highest BCUT2D eigenvalue weighted by atomic mass is 16.5. The van der Waals surface area contributed by atoms with Crippen LogP contribution in [0.1, 0.15) is 55.8 Å². The van der Waals surface area contributed by atoms with E-state index in [4.69, 9.17) is 10.3 Å². The molecule has 17 heavy (non-hydrogen) atoms. The molecule has 3 rings (SSSR count). The molecule has 1 aromatic heterocycles. The minimum absolute atomic E-state index is 0.0110. The van der Waals surface area contributed by atoms with Crippen molar-refractivity contribution in [3.8, 4) is 0 Å². The van der Waals surface area contributed by atoms with E-state index in [0.717, 1.165) is 22.2 Å². The fourth-order valence-electron chi connectivity index (χ4n) is 2.85. The van der Waals surface area contributed by atoms with Gasteiger partial charge in [-0.15, -0.1) is 0 Å². The smallest absolute Gasteiger partial charge is 0.171 e. The van der Waals surface area contributed by atoms with Gasteiger partial charge in [-0.3, -0.25) is 0 Å². The van der Waals surface area contributed by atoms with Crippen LogP contribution in [0.25, 0.3) is 11.0 Å². The van der Waals surface area contributed by atoms with Gasteiger partial charge in [0, 0.05) is 22.9 Å². The van der Waals surface area contributed by atoms with Crippen molar-refractivity contribution in [2.45, 2.75) is 44.6 Å². The minimum atomic E-state index is -0.0110. The Labute approximate surface area is 101 Å². The molecule has 1 aliphatic rings. The molecule has 1 fully saturated rings. The third-order valence-corrected chi connectivity index (χ3v) is 3.79. The number of para-hydroxylation sites is 1. The van der Waals surface area contributed by atoms with Gasteiger partial charge in [0.05, 0.1) is 5.69 Å². The van der Waals surface area contributed by atoms with Gasteiger partial charge in [0.15, 0.2) is 5.58 Å². The second-order valence-electron chi connectivity index (χ2n) is 5.06. The van der Waals surface area contributed by atoms with Crippen LogP contribution in [0.3, 0.4) is 0 Å². The van der Waals surface area contributed by atoms with E-state index >= 15 is 0 Å². The van der Waals surface area contributed by atoms with Gasteiger partial charge in [0.25, 0.3) is 0 Å². The van der Waals surface area contributed by atoms with E-state index in [2.05, 4.69) is 17.3 Å². The number of hydrogen-bond acceptors (Lipinski definition) is 3. The van der Waals surface area contributed by atoms with Crippen LogP contribution in [0.5, 0.6) is 0 Å². The van der Waals surface area contributed by atoms with Crippen molar-refractivity contribution in [2.24, 2.45) is 5.73 Å². The summed E-state index contributed by atoms with van der Waals surface area (Å²) in [6, 6.07) is 6.17. The van der Waals surface area contributed by atoms with Crippen molar-refractivity contribution in [2.75, 3.05) is 0 Å². The lowest BCUT2D eigenvalue weighted by atomic mass is 9.98. The molecule has 0 amide bonds. The van der Waals surface area contributed by atoms with Crippen molar-refractivity contribution in [3.05, 3.63) is 29.5 Å². The van der Waals surface area contributed by atoms with Crippen LogP contribution < -0.4 is 5.73 Å². The molecular weight excluding hydrogens is 212 g/mol. The summed E-state index contributed by atoms with van der Waals surface area (Å²) in [6.07, 6.45) is 5.10. The quantitative estimate of drug-likeness (QED) is 0.859. The minimum Gasteiger partial charge on any atom is -0.356 e. The van der Waals surface area contributed by atoms with Crippen LogP contribution in [0, 0.1) is 0 Å². The Hall–Kier alpha value is -1.35. The lowest BCUT2D eigenvalue weighted by Crippen LogP contribution is -2.04. The SMILES string of the molecule is CC(N)c1cccc2c(C3CCCC3)noc12. The maximum Gasteiger partial charge on any atom is 0.171 e. The Kier molecular flexibility index (Phi) is 2.63. The topological polar surface area (TPSA) is 52.0 Å². The second kappa shape index (κ2) is 4.15. The molecule has 2 N–H and O–H groups in total. The third-order valence-electron chi connectivity index (χ3n) is 3.79. The summed E-state index contributed by atoms with van der Waals surface area (Å²) < 4.78 is 5.52. The zero-order chi connectivity index (χ0) is 11.8. The molecule has 1 atom stereocenters. The van der Waals surface area contributed by atoms with Gasteiger partial charge >= 0.3 is 0 Å². The van der Waals surface area contributed by atoms with Crippen molar-refractivity contribution in [1.82, 2.24) is 5.16 Å². The summed E-state index contributed by atoms with van der Waals surface area (Å²) in [5.74, 6) is 0.583. The second-order valence-corrected chi connectivity index (χ2v) is 5.06. The van der Waals surface area contributed by atoms with E-state index in [-0.39, 0.29) is 6.04 Å². The molecule has 0 spiro atoms. The van der Waals surface area contributed by atoms with Gasteiger partial charge < -0.3 is 10.3 Å². The Balaban J connectivity index is 2.12.